The molecule has 0 saturated carbocycles. The van der Waals surface area contributed by atoms with Gasteiger partial charge in [0.25, 0.3) is 0 Å². The number of thioether (sulfide) groups is 1. The molecule has 300 valence electrons. The van der Waals surface area contributed by atoms with Gasteiger partial charge in [0.15, 0.2) is 0 Å². The van der Waals surface area contributed by atoms with E-state index in [-0.39, 0.29) is 11.7 Å². The summed E-state index contributed by atoms with van der Waals surface area (Å²) in [5.74, 6) is 2.54. The zero-order chi connectivity index (χ0) is 40.3. The fraction of sp³-hybridized carbons (Fsp3) is 0.318. The van der Waals surface area contributed by atoms with Gasteiger partial charge in [-0.2, -0.15) is 0 Å². The normalized spacial score (nSPS) is 13.0. The fourth-order valence-corrected chi connectivity index (χ4v) is 18.0. The van der Waals surface area contributed by atoms with Crippen molar-refractivity contribution in [2.45, 2.75) is 41.2 Å². The number of fused-ring (bicyclic) bond motifs is 1. The van der Waals surface area contributed by atoms with Crippen LogP contribution < -0.4 is 18.4 Å². The van der Waals surface area contributed by atoms with Gasteiger partial charge in [-0.15, -0.1) is 0 Å². The van der Waals surface area contributed by atoms with E-state index in [4.69, 9.17) is 24.7 Å². The van der Waals surface area contributed by atoms with E-state index in [1.54, 1.807) is 20.5 Å². The SMILES string of the molecule is COc1ccc(C(OCC(C)(C)C(=O)SC[CH2][Po@]([CH3])([CH2]OCCn2cnc3c(N)ncnc32)[NH]Cc2ccccc2)(c2ccccc2)c2ccc(OC)cc2)cc1. The molecule has 6 aromatic rings. The Morgan fingerprint density at radius 1 is 0.825 bits per heavy atom. The van der Waals surface area contributed by atoms with Crippen LogP contribution >= 0.6 is 11.8 Å². The topological polar surface area (TPSA) is 136 Å². The molecule has 0 aliphatic rings. The Kier molecular flexibility index (Phi) is 14.4. The van der Waals surface area contributed by atoms with Crippen molar-refractivity contribution in [1.82, 2.24) is 22.7 Å². The van der Waals surface area contributed by atoms with Gasteiger partial charge < -0.3 is 9.47 Å². The molecule has 0 amide bonds. The molecule has 13 heteroatoms. The van der Waals surface area contributed by atoms with Gasteiger partial charge in [-0.3, -0.25) is 0 Å². The first-order valence-corrected chi connectivity index (χ1v) is 29.0. The Morgan fingerprint density at radius 2 is 1.42 bits per heavy atom. The number of carbonyl (C=O) groups excluding carboxylic acids is 1. The molecule has 6 rings (SSSR count). The zero-order valence-electron chi connectivity index (χ0n) is 33.2. The molecule has 0 aliphatic carbocycles. The Bertz CT molecular complexity index is 2140. The molecular formula is C44H52N6O5PoS. The number of nitrogens with two attached hydrogens (primary N) is 1. The number of nitrogens with zero attached hydrogens (tertiary/aromatic N) is 4. The van der Waals surface area contributed by atoms with E-state index in [1.165, 1.54) is 23.7 Å². The predicted molar refractivity (Wildman–Crippen MR) is 230 cm³/mol. The van der Waals surface area contributed by atoms with Crippen LogP contribution in [-0.2, 0) is 33.0 Å². The maximum absolute atomic E-state index is 14.1. The minimum atomic E-state index is -3.10. The Labute approximate surface area is 344 Å². The van der Waals surface area contributed by atoms with Crippen molar-refractivity contribution < 1.29 is 23.7 Å². The molecule has 2 heterocycles. The number of ether oxygens (including phenoxy) is 4. The molecule has 0 bridgehead atoms. The van der Waals surface area contributed by atoms with E-state index in [1.807, 2.05) is 91.2 Å². The number of imidazole rings is 1. The summed E-state index contributed by atoms with van der Waals surface area (Å²) in [4.78, 5) is 26.9. The third kappa shape index (κ3) is 10.4. The molecule has 0 aliphatic heterocycles. The van der Waals surface area contributed by atoms with Crippen molar-refractivity contribution in [3.05, 3.63) is 144 Å². The summed E-state index contributed by atoms with van der Waals surface area (Å²) >= 11 is -1.72. The average Bonchev–Trinajstić information content (AvgIpc) is 3.67. The number of nitrogen functional groups attached to an aromatic ring is 1. The van der Waals surface area contributed by atoms with Crippen LogP contribution in [0.1, 0.15) is 36.1 Å². The number of nitrogens with one attached hydrogen (secondary N) is 1. The van der Waals surface area contributed by atoms with Gasteiger partial charge in [0.05, 0.1) is 14.2 Å². The summed E-state index contributed by atoms with van der Waals surface area (Å²) in [6, 6.07) is 36.4. The zero-order valence-corrected chi connectivity index (χ0v) is 37.2. The van der Waals surface area contributed by atoms with Crippen molar-refractivity contribution in [3.63, 3.8) is 0 Å². The quantitative estimate of drug-likeness (QED) is 0.0578. The van der Waals surface area contributed by atoms with E-state index in [2.05, 4.69) is 59.1 Å². The molecule has 0 saturated heterocycles. The molecule has 11 nitrogen and oxygen atoms in total. The van der Waals surface area contributed by atoms with Crippen LogP contribution in [-0.4, -0.2) is 82.9 Å². The van der Waals surface area contributed by atoms with Crippen LogP contribution in [0.4, 0.5) is 5.82 Å². The molecule has 0 fully saturated rings. The summed E-state index contributed by atoms with van der Waals surface area (Å²) in [6.07, 6.45) is 3.17. The van der Waals surface area contributed by atoms with E-state index in [0.717, 1.165) is 38.8 Å². The molecule has 4 aromatic carbocycles. The van der Waals surface area contributed by atoms with Crippen molar-refractivity contribution in [2.24, 2.45) is 5.41 Å². The van der Waals surface area contributed by atoms with Crippen molar-refractivity contribution in [2.75, 3.05) is 43.2 Å². The van der Waals surface area contributed by atoms with Crippen molar-refractivity contribution in [3.8, 4) is 11.5 Å². The van der Waals surface area contributed by atoms with Crippen LogP contribution in [0.2, 0.25) is 8.66 Å². The summed E-state index contributed by atoms with van der Waals surface area (Å²) in [7, 11) is 3.31. The van der Waals surface area contributed by atoms with E-state index < -0.39 is 31.9 Å². The van der Waals surface area contributed by atoms with Gasteiger partial charge in [-0.1, -0.05) is 0 Å². The van der Waals surface area contributed by atoms with Crippen LogP contribution in [0.5, 0.6) is 11.5 Å². The second-order valence-electron chi connectivity index (χ2n) is 14.5. The standard InChI is InChI=1S/C28H31O4S.C8H10N5O.C7H8N.CH3.Po/c1-6-33-26(29)27(2,3)20-32-28(21-10-8-7-9-11-21,22-12-16-24(30-4)17-13-22)23-14-18-25(31-5)19-15-23;1-14-3-2-13-5-12-6-7(9)10-4-11-8(6)13;8-6-7-4-2-1-3-5-7;;/h7-19H,1,6,20H2,2-5H3;4-5H,1-3H2,(H2,9,10,11);1-5,8H,6H2;1H3;/q;;-1;;+1. The molecular weight excluding hydrogens is 934 g/mol. The molecule has 2 aromatic heterocycles. The average molecular weight is 986 g/mol. The van der Waals surface area contributed by atoms with E-state index in [0.29, 0.717) is 40.2 Å². The van der Waals surface area contributed by atoms with Gasteiger partial charge >= 0.3 is 323 Å². The van der Waals surface area contributed by atoms with E-state index in [9.17, 15) is 4.79 Å². The van der Waals surface area contributed by atoms with Gasteiger partial charge in [-0.25, -0.2) is 0 Å². The van der Waals surface area contributed by atoms with Crippen LogP contribution in [0.25, 0.3) is 11.2 Å². The number of carbonyl (C=O) groups is 1. The number of anilines is 1. The summed E-state index contributed by atoms with van der Waals surface area (Å²) < 4.78 is 34.3. The first-order valence-electron chi connectivity index (χ1n) is 18.7. The van der Waals surface area contributed by atoms with Gasteiger partial charge in [0, 0.05) is 0 Å². The van der Waals surface area contributed by atoms with Crippen molar-refractivity contribution >= 4 is 54.7 Å². The predicted octanol–water partition coefficient (Wildman–Crippen LogP) is 7.64. The number of methoxy groups -OCH3 is 2. The maximum atomic E-state index is 14.1. The third-order valence-corrected chi connectivity index (χ3v) is 22.4. The number of rotatable bonds is 20. The second-order valence-corrected chi connectivity index (χ2v) is 29.1. The van der Waals surface area contributed by atoms with Crippen LogP contribution in [0.15, 0.2) is 122 Å². The number of aromatic nitrogens is 4. The second kappa shape index (κ2) is 19.4. The molecule has 3 N–H and O–H groups in total. The van der Waals surface area contributed by atoms with Gasteiger partial charge in [0.1, 0.15) is 0 Å². The van der Waals surface area contributed by atoms with Crippen molar-refractivity contribution in [1.29, 1.82) is 0 Å². The molecule has 1 atom stereocenters. The molecule has 0 unspecified atom stereocenters. The third-order valence-electron chi connectivity index (χ3n) is 9.86. The van der Waals surface area contributed by atoms with Crippen LogP contribution in [0.3, 0.4) is 0 Å². The Morgan fingerprint density at radius 3 is 2.04 bits per heavy atom. The number of hydrogen-bond acceptors (Lipinski definition) is 11. The summed E-state index contributed by atoms with van der Waals surface area (Å²) in [5, 5.41) is 0.0829. The molecule has 0 radical (unpaired) electrons. The Hall–Kier alpha value is -4.37. The van der Waals surface area contributed by atoms with Crippen LogP contribution in [0, 0.1) is 5.41 Å². The fourth-order valence-electron chi connectivity index (χ4n) is 6.43. The Balaban J connectivity index is 1.15. The van der Waals surface area contributed by atoms with Gasteiger partial charge in [0.2, 0.25) is 0 Å². The summed E-state index contributed by atoms with van der Waals surface area (Å²) in [6.45, 7) is 5.97. The summed E-state index contributed by atoms with van der Waals surface area (Å²) in [5.41, 5.74) is 9.46. The molecule has 57 heavy (non-hydrogen) atoms. The first kappa shape index (κ1) is 42.2. The monoisotopic (exact) mass is 985 g/mol. The number of benzene rings is 4. The minimum absolute atomic E-state index is 0.0829. The van der Waals surface area contributed by atoms with E-state index >= 15 is 0 Å². The number of hydrogen-bond donors (Lipinski definition) is 2. The van der Waals surface area contributed by atoms with Gasteiger partial charge in [-0.05, 0) is 0 Å². The molecule has 0 spiro atoms. The first-order chi connectivity index (χ1) is 27.6.